The van der Waals surface area contributed by atoms with E-state index in [4.69, 9.17) is 10.5 Å². The highest BCUT2D eigenvalue weighted by Gasteiger charge is 2.24. The first kappa shape index (κ1) is 21.9. The van der Waals surface area contributed by atoms with Gasteiger partial charge in [-0.2, -0.15) is 0 Å². The van der Waals surface area contributed by atoms with Gasteiger partial charge in [0, 0.05) is 25.3 Å². The Bertz CT molecular complexity index is 545. The van der Waals surface area contributed by atoms with Crippen LogP contribution in [0.4, 0.5) is 0 Å². The quantitative estimate of drug-likeness (QED) is 0.711. The molecule has 1 amide bonds. The number of rotatable bonds is 6. The Kier molecular flexibility index (Phi) is 9.64. The predicted molar refractivity (Wildman–Crippen MR) is 115 cm³/mol. The summed E-state index contributed by atoms with van der Waals surface area (Å²) < 4.78 is 6.34. The molecule has 1 aromatic carbocycles. The van der Waals surface area contributed by atoms with Crippen LogP contribution in [0.5, 0.6) is 0 Å². The summed E-state index contributed by atoms with van der Waals surface area (Å²) in [6, 6.07) is 8.26. The number of hydrogen-bond acceptors (Lipinski definition) is 5. The third-order valence-electron chi connectivity index (χ3n) is 4.69. The number of hydrogen-bond donors (Lipinski definition) is 1. The Balaban J connectivity index is 0.00000243. The van der Waals surface area contributed by atoms with Crippen LogP contribution in [0.1, 0.15) is 46.2 Å². The van der Waals surface area contributed by atoms with E-state index in [2.05, 4.69) is 12.1 Å². The molecule has 2 aliphatic heterocycles. The van der Waals surface area contributed by atoms with Crippen LogP contribution in [0, 0.1) is 0 Å². The van der Waals surface area contributed by atoms with Crippen LogP contribution >= 0.6 is 35.9 Å². The number of carbonyl (C=O) groups is 1. The normalized spacial score (nSPS) is 19.2. The monoisotopic (exact) mass is 416 g/mol. The summed E-state index contributed by atoms with van der Waals surface area (Å²) in [5.41, 5.74) is 7.63. The topological polar surface area (TPSA) is 55.6 Å². The van der Waals surface area contributed by atoms with Crippen LogP contribution in [-0.4, -0.2) is 54.7 Å². The molecule has 0 aliphatic carbocycles. The van der Waals surface area contributed by atoms with E-state index in [0.29, 0.717) is 11.1 Å². The van der Waals surface area contributed by atoms with E-state index in [0.717, 1.165) is 44.5 Å². The number of halogens is 1. The zero-order valence-corrected chi connectivity index (χ0v) is 17.6. The van der Waals surface area contributed by atoms with Crippen molar-refractivity contribution in [1.29, 1.82) is 0 Å². The predicted octanol–water partition coefficient (Wildman–Crippen LogP) is 3.95. The SMILES string of the molecule is Cl.NCCCOC1CCN(C(=O)c2ccc(C3SCCCS3)cc2)CC1. The van der Waals surface area contributed by atoms with Gasteiger partial charge in [0.25, 0.3) is 5.91 Å². The van der Waals surface area contributed by atoms with Gasteiger partial charge in [-0.1, -0.05) is 12.1 Å². The third-order valence-corrected chi connectivity index (χ3v) is 7.70. The molecule has 2 aliphatic rings. The largest absolute Gasteiger partial charge is 0.378 e. The van der Waals surface area contributed by atoms with Crippen LogP contribution in [-0.2, 0) is 4.74 Å². The number of thioether (sulfide) groups is 2. The minimum absolute atomic E-state index is 0. The van der Waals surface area contributed by atoms with Crippen molar-refractivity contribution in [2.45, 2.75) is 36.4 Å². The van der Waals surface area contributed by atoms with Crippen molar-refractivity contribution in [3.8, 4) is 0 Å². The number of nitrogens with zero attached hydrogens (tertiary/aromatic N) is 1. The first-order valence-corrected chi connectivity index (χ1v) is 11.3. The van der Waals surface area contributed by atoms with Crippen LogP contribution in [0.2, 0.25) is 0 Å². The van der Waals surface area contributed by atoms with Gasteiger partial charge in [-0.3, -0.25) is 4.79 Å². The van der Waals surface area contributed by atoms with Crippen molar-refractivity contribution >= 4 is 41.8 Å². The van der Waals surface area contributed by atoms with E-state index in [1.807, 2.05) is 40.6 Å². The van der Waals surface area contributed by atoms with Gasteiger partial charge in [0.15, 0.2) is 0 Å². The van der Waals surface area contributed by atoms with Gasteiger partial charge in [0.05, 0.1) is 10.7 Å². The highest BCUT2D eigenvalue weighted by atomic mass is 35.5. The summed E-state index contributed by atoms with van der Waals surface area (Å²) in [5, 5.41) is 0. The zero-order chi connectivity index (χ0) is 17.5. The van der Waals surface area contributed by atoms with E-state index in [9.17, 15) is 4.79 Å². The average Bonchev–Trinajstić information content (AvgIpc) is 2.69. The van der Waals surface area contributed by atoms with Gasteiger partial charge in [-0.05, 0) is 61.4 Å². The molecule has 2 N–H and O–H groups in total. The molecule has 0 saturated carbocycles. The molecule has 0 spiro atoms. The summed E-state index contributed by atoms with van der Waals surface area (Å²) in [6.07, 6.45) is 4.32. The molecular weight excluding hydrogens is 388 g/mol. The van der Waals surface area contributed by atoms with Crippen LogP contribution in [0.3, 0.4) is 0 Å². The Morgan fingerprint density at radius 2 is 1.81 bits per heavy atom. The Hall–Kier alpha value is -0.400. The Labute approximate surface area is 171 Å². The number of carbonyl (C=O) groups excluding carboxylic acids is 1. The lowest BCUT2D eigenvalue weighted by Gasteiger charge is -2.32. The van der Waals surface area contributed by atoms with Crippen molar-refractivity contribution in [3.05, 3.63) is 35.4 Å². The number of nitrogens with two attached hydrogens (primary N) is 1. The van der Waals surface area contributed by atoms with Gasteiger partial charge in [0.2, 0.25) is 0 Å². The third kappa shape index (κ3) is 6.06. The van der Waals surface area contributed by atoms with Crippen LogP contribution in [0.25, 0.3) is 0 Å². The second-order valence-corrected chi connectivity index (χ2v) is 9.28. The van der Waals surface area contributed by atoms with E-state index in [-0.39, 0.29) is 24.4 Å². The molecule has 0 atom stereocenters. The molecule has 146 valence electrons. The molecule has 2 heterocycles. The van der Waals surface area contributed by atoms with Gasteiger partial charge >= 0.3 is 0 Å². The first-order valence-electron chi connectivity index (χ1n) is 9.22. The molecule has 0 unspecified atom stereocenters. The second kappa shape index (κ2) is 11.4. The van der Waals surface area contributed by atoms with Crippen molar-refractivity contribution in [2.75, 3.05) is 37.7 Å². The van der Waals surface area contributed by atoms with Gasteiger partial charge in [0.1, 0.15) is 0 Å². The summed E-state index contributed by atoms with van der Waals surface area (Å²) >= 11 is 4.03. The fourth-order valence-electron chi connectivity index (χ4n) is 3.20. The number of piperidine rings is 1. The number of amides is 1. The lowest BCUT2D eigenvalue weighted by Crippen LogP contribution is -2.41. The maximum absolute atomic E-state index is 12.7. The summed E-state index contributed by atoms with van der Waals surface area (Å²) in [6.45, 7) is 2.96. The number of likely N-dealkylation sites (tertiary alicyclic amines) is 1. The first-order chi connectivity index (χ1) is 12.3. The molecule has 4 nitrogen and oxygen atoms in total. The van der Waals surface area contributed by atoms with E-state index >= 15 is 0 Å². The summed E-state index contributed by atoms with van der Waals surface area (Å²) in [7, 11) is 0. The molecule has 2 fully saturated rings. The van der Waals surface area contributed by atoms with Crippen LogP contribution in [0.15, 0.2) is 24.3 Å². The van der Waals surface area contributed by atoms with Gasteiger partial charge in [-0.15, -0.1) is 35.9 Å². The van der Waals surface area contributed by atoms with E-state index in [1.165, 1.54) is 23.5 Å². The zero-order valence-electron chi connectivity index (χ0n) is 15.1. The molecule has 2 saturated heterocycles. The summed E-state index contributed by atoms with van der Waals surface area (Å²) in [4.78, 5) is 14.7. The minimum Gasteiger partial charge on any atom is -0.378 e. The fourth-order valence-corrected chi connectivity index (χ4v) is 6.10. The molecular formula is C19H29ClN2O2S2. The fraction of sp³-hybridized carbons (Fsp3) is 0.632. The lowest BCUT2D eigenvalue weighted by molar-refractivity contribution is 0.00845. The molecule has 0 radical (unpaired) electrons. The van der Waals surface area contributed by atoms with Crippen molar-refractivity contribution in [1.82, 2.24) is 4.90 Å². The van der Waals surface area contributed by atoms with Crippen LogP contribution < -0.4 is 5.73 Å². The number of ether oxygens (including phenoxy) is 1. The highest BCUT2D eigenvalue weighted by molar-refractivity contribution is 8.16. The molecule has 0 bridgehead atoms. The second-order valence-electron chi connectivity index (χ2n) is 6.55. The number of benzene rings is 1. The Morgan fingerprint density at radius 3 is 2.42 bits per heavy atom. The lowest BCUT2D eigenvalue weighted by atomic mass is 10.1. The minimum atomic E-state index is 0. The van der Waals surface area contributed by atoms with Crippen molar-refractivity contribution in [3.63, 3.8) is 0 Å². The standard InChI is InChI=1S/C19H28N2O2S2.ClH/c20-9-1-12-23-17-7-10-21(11-8-17)18(22)15-3-5-16(6-4-15)19-24-13-2-14-25-19;/h3-6,17,19H,1-2,7-14,20H2;1H. The maximum Gasteiger partial charge on any atom is 0.253 e. The molecule has 7 heteroatoms. The maximum atomic E-state index is 12.7. The van der Waals surface area contributed by atoms with Gasteiger partial charge in [-0.25, -0.2) is 0 Å². The van der Waals surface area contributed by atoms with Crippen molar-refractivity contribution < 1.29 is 9.53 Å². The smallest absolute Gasteiger partial charge is 0.253 e. The van der Waals surface area contributed by atoms with Crippen molar-refractivity contribution in [2.24, 2.45) is 5.73 Å². The molecule has 0 aromatic heterocycles. The summed E-state index contributed by atoms with van der Waals surface area (Å²) in [5.74, 6) is 2.62. The molecule has 3 rings (SSSR count). The van der Waals surface area contributed by atoms with E-state index < -0.39 is 0 Å². The van der Waals surface area contributed by atoms with E-state index in [1.54, 1.807) is 0 Å². The molecule has 1 aromatic rings. The Morgan fingerprint density at radius 1 is 1.15 bits per heavy atom. The average molecular weight is 417 g/mol. The highest BCUT2D eigenvalue weighted by Crippen LogP contribution is 2.43. The van der Waals surface area contributed by atoms with Gasteiger partial charge < -0.3 is 15.4 Å². The molecule has 26 heavy (non-hydrogen) atoms.